The zero-order valence-corrected chi connectivity index (χ0v) is 21.8. The predicted octanol–water partition coefficient (Wildman–Crippen LogP) is 2.62. The van der Waals surface area contributed by atoms with Gasteiger partial charge in [-0.15, -0.1) is 0 Å². The van der Waals surface area contributed by atoms with Crippen LogP contribution in [0.3, 0.4) is 0 Å². The number of phenols is 1. The number of nitrogens with two attached hydrogens (primary N) is 1. The third-order valence-corrected chi connectivity index (χ3v) is 5.30. The number of primary amides is 1. The highest BCUT2D eigenvalue weighted by Crippen LogP contribution is 2.32. The number of alkyl carbamates (subject to hydrolysis) is 1. The summed E-state index contributed by atoms with van der Waals surface area (Å²) in [6, 6.07) is 8.58. The number of anilines is 1. The van der Waals surface area contributed by atoms with E-state index in [9.17, 15) is 24.3 Å². The second kappa shape index (κ2) is 12.1. The standard InChI is InChI=1S/C26H34N4O7/c1-15-8-7-9-18(22(15)32)21(23(33)28-16-10-12-17(36-6)13-11-16)30(5)24(34)19(14-20(27)31)29-25(35)37-26(2,3)4/h7-13,19,21,32H,14H2,1-6H3,(H2,27,31)(H,28,33)(H,29,35). The maximum Gasteiger partial charge on any atom is 0.408 e. The number of carbonyl (C=O) groups is 4. The Morgan fingerprint density at radius 3 is 2.24 bits per heavy atom. The maximum atomic E-state index is 13.5. The van der Waals surface area contributed by atoms with Crippen LogP contribution in [-0.2, 0) is 19.1 Å². The molecule has 0 radical (unpaired) electrons. The number of para-hydroxylation sites is 1. The van der Waals surface area contributed by atoms with Gasteiger partial charge in [0.15, 0.2) is 0 Å². The minimum atomic E-state index is -1.42. The van der Waals surface area contributed by atoms with Crippen LogP contribution in [0.25, 0.3) is 0 Å². The lowest BCUT2D eigenvalue weighted by Crippen LogP contribution is -2.52. The number of ether oxygens (including phenoxy) is 2. The Morgan fingerprint density at radius 2 is 1.70 bits per heavy atom. The molecule has 0 fully saturated rings. The molecule has 0 saturated heterocycles. The Morgan fingerprint density at radius 1 is 1.08 bits per heavy atom. The second-order valence-corrected chi connectivity index (χ2v) is 9.45. The maximum absolute atomic E-state index is 13.5. The van der Waals surface area contributed by atoms with Gasteiger partial charge in [-0.05, 0) is 57.5 Å². The van der Waals surface area contributed by atoms with Crippen molar-refractivity contribution in [3.8, 4) is 11.5 Å². The molecule has 4 amide bonds. The van der Waals surface area contributed by atoms with E-state index in [1.807, 2.05) is 0 Å². The Bertz CT molecular complexity index is 1140. The van der Waals surface area contributed by atoms with Crippen molar-refractivity contribution in [3.05, 3.63) is 53.6 Å². The van der Waals surface area contributed by atoms with E-state index >= 15 is 0 Å². The minimum Gasteiger partial charge on any atom is -0.507 e. The first kappa shape index (κ1) is 29.0. The van der Waals surface area contributed by atoms with E-state index in [1.54, 1.807) is 64.1 Å². The first-order chi connectivity index (χ1) is 17.2. The van der Waals surface area contributed by atoms with E-state index in [1.165, 1.54) is 20.2 Å². The zero-order chi connectivity index (χ0) is 27.9. The summed E-state index contributed by atoms with van der Waals surface area (Å²) in [5.74, 6) is -1.87. The summed E-state index contributed by atoms with van der Waals surface area (Å²) in [5.41, 5.74) is 5.52. The molecule has 5 N–H and O–H groups in total. The molecular formula is C26H34N4O7. The van der Waals surface area contributed by atoms with E-state index < -0.39 is 47.9 Å². The molecule has 0 aromatic heterocycles. The number of nitrogens with one attached hydrogen (secondary N) is 2. The molecule has 2 unspecified atom stereocenters. The number of methoxy groups -OCH3 is 1. The van der Waals surface area contributed by atoms with Crippen LogP contribution in [0.5, 0.6) is 11.5 Å². The quantitative estimate of drug-likeness (QED) is 0.400. The number of carbonyl (C=O) groups excluding carboxylic acids is 4. The number of hydrogen-bond acceptors (Lipinski definition) is 7. The van der Waals surface area contributed by atoms with Crippen molar-refractivity contribution >= 4 is 29.5 Å². The molecule has 0 bridgehead atoms. The summed E-state index contributed by atoms with van der Waals surface area (Å²) >= 11 is 0. The molecule has 200 valence electrons. The fraction of sp³-hybridized carbons (Fsp3) is 0.385. The van der Waals surface area contributed by atoms with Gasteiger partial charge in [-0.3, -0.25) is 14.4 Å². The SMILES string of the molecule is COc1ccc(NC(=O)C(c2cccc(C)c2O)N(C)C(=O)C(CC(N)=O)NC(=O)OC(C)(C)C)cc1. The van der Waals surface area contributed by atoms with Gasteiger partial charge in [-0.2, -0.15) is 0 Å². The first-order valence-corrected chi connectivity index (χ1v) is 11.5. The fourth-order valence-electron chi connectivity index (χ4n) is 3.54. The van der Waals surface area contributed by atoms with Gasteiger partial charge in [0.2, 0.25) is 11.8 Å². The number of likely N-dealkylation sites (N-methyl/N-ethyl adjacent to an activating group) is 1. The summed E-state index contributed by atoms with van der Waals surface area (Å²) in [7, 11) is 2.84. The van der Waals surface area contributed by atoms with Crippen molar-refractivity contribution < 1.29 is 33.8 Å². The van der Waals surface area contributed by atoms with Gasteiger partial charge < -0.3 is 35.8 Å². The summed E-state index contributed by atoms with van der Waals surface area (Å²) < 4.78 is 10.3. The molecular weight excluding hydrogens is 480 g/mol. The Labute approximate surface area is 215 Å². The monoisotopic (exact) mass is 514 g/mol. The number of phenolic OH excluding ortho intramolecular Hbond substituents is 1. The molecule has 11 nitrogen and oxygen atoms in total. The largest absolute Gasteiger partial charge is 0.507 e. The summed E-state index contributed by atoms with van der Waals surface area (Å²) in [5, 5.41) is 15.8. The van der Waals surface area contributed by atoms with Crippen molar-refractivity contribution in [1.29, 1.82) is 0 Å². The number of benzene rings is 2. The van der Waals surface area contributed by atoms with Crippen LogP contribution < -0.4 is 21.1 Å². The van der Waals surface area contributed by atoms with E-state index in [0.717, 1.165) is 4.90 Å². The third kappa shape index (κ3) is 8.13. The van der Waals surface area contributed by atoms with E-state index in [-0.39, 0.29) is 11.3 Å². The summed E-state index contributed by atoms with van der Waals surface area (Å²) in [6.45, 7) is 6.58. The zero-order valence-electron chi connectivity index (χ0n) is 21.8. The normalized spacial score (nSPS) is 12.6. The molecule has 0 heterocycles. The topological polar surface area (TPSA) is 160 Å². The van der Waals surface area contributed by atoms with Crippen molar-refractivity contribution in [3.63, 3.8) is 0 Å². The number of nitrogens with zero attached hydrogens (tertiary/aromatic N) is 1. The van der Waals surface area contributed by atoms with Gasteiger partial charge in [0.05, 0.1) is 13.5 Å². The minimum absolute atomic E-state index is 0.150. The van der Waals surface area contributed by atoms with Crippen LogP contribution in [-0.4, -0.2) is 59.6 Å². The number of aryl methyl sites for hydroxylation is 1. The number of amides is 4. The molecule has 0 aliphatic carbocycles. The van der Waals surface area contributed by atoms with Crippen LogP contribution in [0, 0.1) is 6.92 Å². The van der Waals surface area contributed by atoms with Gasteiger partial charge in [0.1, 0.15) is 29.2 Å². The summed E-state index contributed by atoms with van der Waals surface area (Å²) in [4.78, 5) is 52.1. The second-order valence-electron chi connectivity index (χ2n) is 9.45. The lowest BCUT2D eigenvalue weighted by molar-refractivity contribution is -0.140. The van der Waals surface area contributed by atoms with Gasteiger partial charge >= 0.3 is 6.09 Å². The molecule has 0 spiro atoms. The van der Waals surface area contributed by atoms with E-state index in [4.69, 9.17) is 15.2 Å². The Balaban J connectivity index is 2.43. The fourth-order valence-corrected chi connectivity index (χ4v) is 3.54. The van der Waals surface area contributed by atoms with E-state index in [0.29, 0.717) is 17.0 Å². The van der Waals surface area contributed by atoms with Crippen molar-refractivity contribution in [2.75, 3.05) is 19.5 Å². The molecule has 0 aliphatic rings. The highest BCUT2D eigenvalue weighted by Gasteiger charge is 2.36. The lowest BCUT2D eigenvalue weighted by atomic mass is 9.99. The van der Waals surface area contributed by atoms with Gasteiger partial charge in [-0.25, -0.2) is 4.79 Å². The van der Waals surface area contributed by atoms with Crippen molar-refractivity contribution in [1.82, 2.24) is 10.2 Å². The molecule has 2 rings (SSSR count). The van der Waals surface area contributed by atoms with Gasteiger partial charge in [0.25, 0.3) is 5.91 Å². The molecule has 2 atom stereocenters. The van der Waals surface area contributed by atoms with Crippen molar-refractivity contribution in [2.24, 2.45) is 5.73 Å². The van der Waals surface area contributed by atoms with Crippen LogP contribution in [0.2, 0.25) is 0 Å². The number of rotatable bonds is 9. The molecule has 2 aromatic carbocycles. The van der Waals surface area contributed by atoms with E-state index in [2.05, 4.69) is 10.6 Å². The van der Waals surface area contributed by atoms with Crippen LogP contribution in [0.4, 0.5) is 10.5 Å². The van der Waals surface area contributed by atoms with Crippen molar-refractivity contribution in [2.45, 2.75) is 51.8 Å². The number of aromatic hydroxyl groups is 1. The molecule has 2 aromatic rings. The smallest absolute Gasteiger partial charge is 0.408 e. The molecule has 0 aliphatic heterocycles. The highest BCUT2D eigenvalue weighted by molar-refractivity contribution is 6.00. The predicted molar refractivity (Wildman–Crippen MR) is 137 cm³/mol. The van der Waals surface area contributed by atoms with Crippen LogP contribution in [0.1, 0.15) is 44.4 Å². The average Bonchev–Trinajstić information content (AvgIpc) is 2.80. The van der Waals surface area contributed by atoms with Gasteiger partial charge in [-0.1, -0.05) is 18.2 Å². The van der Waals surface area contributed by atoms with Crippen LogP contribution in [0.15, 0.2) is 42.5 Å². The Kier molecular flexibility index (Phi) is 9.48. The molecule has 37 heavy (non-hydrogen) atoms. The Hall–Kier alpha value is -4.28. The summed E-state index contributed by atoms with van der Waals surface area (Å²) in [6.07, 6.45) is -1.46. The highest BCUT2D eigenvalue weighted by atomic mass is 16.6. The third-order valence-electron chi connectivity index (χ3n) is 5.30. The van der Waals surface area contributed by atoms with Crippen LogP contribution >= 0.6 is 0 Å². The number of hydrogen-bond donors (Lipinski definition) is 4. The molecule has 0 saturated carbocycles. The lowest BCUT2D eigenvalue weighted by Gasteiger charge is -2.31. The first-order valence-electron chi connectivity index (χ1n) is 11.5. The molecule has 11 heteroatoms. The average molecular weight is 515 g/mol. The van der Waals surface area contributed by atoms with Gasteiger partial charge in [0, 0.05) is 18.3 Å².